The molecule has 2 aliphatic carbocycles. The number of nitrogens with one attached hydrogen (secondary N) is 1. The van der Waals surface area contributed by atoms with Crippen LogP contribution >= 0.6 is 11.6 Å². The number of Topliss-reactive ketones (excluding diaryl/α,β-unsaturated/α-hetero) is 2. The molecule has 1 amide bonds. The lowest BCUT2D eigenvalue weighted by Crippen LogP contribution is -2.44. The Morgan fingerprint density at radius 1 is 0.889 bits per heavy atom. The van der Waals surface area contributed by atoms with E-state index in [1.54, 1.807) is 18.2 Å². The lowest BCUT2D eigenvalue weighted by atomic mass is 9.63. The van der Waals surface area contributed by atoms with Crippen LogP contribution in [0.2, 0.25) is 5.02 Å². The maximum atomic E-state index is 14.0. The molecule has 0 spiro atoms. The zero-order chi connectivity index (χ0) is 32.7. The Morgan fingerprint density at radius 3 is 2.07 bits per heavy atom. The van der Waals surface area contributed by atoms with Crippen molar-refractivity contribution in [2.24, 2.45) is 10.8 Å². The first-order valence-corrected chi connectivity index (χ1v) is 16.4. The third-order valence-electron chi connectivity index (χ3n) is 8.88. The average molecular weight is 633 g/mol. The lowest BCUT2D eigenvalue weighted by Gasteiger charge is -2.49. The SMILES string of the molecule is CCCN1C2=C(C(=O)CC(C)(C)C2)C(c2ccc(OCC(=O)Nc3ccc(C)c(Cl)c3)c(OCC)c2)C2=C1CC(C)(C)CC2=O. The van der Waals surface area contributed by atoms with Gasteiger partial charge >= 0.3 is 0 Å². The van der Waals surface area contributed by atoms with Crippen molar-refractivity contribution in [1.82, 2.24) is 4.90 Å². The molecule has 1 N–H and O–H groups in total. The van der Waals surface area contributed by atoms with Gasteiger partial charge in [-0.1, -0.05) is 58.4 Å². The summed E-state index contributed by atoms with van der Waals surface area (Å²) in [5.41, 5.74) is 5.58. The van der Waals surface area contributed by atoms with Crippen LogP contribution in [0.5, 0.6) is 11.5 Å². The fourth-order valence-electron chi connectivity index (χ4n) is 6.98. The quantitative estimate of drug-likeness (QED) is 0.300. The van der Waals surface area contributed by atoms with Crippen molar-refractivity contribution in [3.05, 3.63) is 75.1 Å². The summed E-state index contributed by atoms with van der Waals surface area (Å²) in [6.07, 6.45) is 3.33. The Hall–Kier alpha value is -3.58. The van der Waals surface area contributed by atoms with Crippen LogP contribution < -0.4 is 14.8 Å². The van der Waals surface area contributed by atoms with E-state index in [1.165, 1.54) is 0 Å². The summed E-state index contributed by atoms with van der Waals surface area (Å²) in [6.45, 7) is 15.4. The normalized spacial score (nSPS) is 19.3. The van der Waals surface area contributed by atoms with Crippen molar-refractivity contribution in [3.63, 3.8) is 0 Å². The van der Waals surface area contributed by atoms with Crippen LogP contribution in [0, 0.1) is 17.8 Å². The molecule has 0 aromatic heterocycles. The number of allylic oxidation sites excluding steroid dienone is 4. The first-order chi connectivity index (χ1) is 21.2. The predicted molar refractivity (Wildman–Crippen MR) is 178 cm³/mol. The molecule has 1 heterocycles. The van der Waals surface area contributed by atoms with Crippen molar-refractivity contribution >= 4 is 34.8 Å². The zero-order valence-corrected chi connectivity index (χ0v) is 28.3. The van der Waals surface area contributed by atoms with Crippen molar-refractivity contribution in [1.29, 1.82) is 0 Å². The van der Waals surface area contributed by atoms with Gasteiger partial charge in [-0.2, -0.15) is 0 Å². The number of hydrogen-bond acceptors (Lipinski definition) is 6. The van der Waals surface area contributed by atoms with Gasteiger partial charge in [0.15, 0.2) is 29.7 Å². The van der Waals surface area contributed by atoms with E-state index in [4.69, 9.17) is 21.1 Å². The van der Waals surface area contributed by atoms with Gasteiger partial charge in [0.1, 0.15) is 0 Å². The molecular formula is C37H45ClN2O5. The minimum absolute atomic E-state index is 0.0997. The molecule has 0 saturated carbocycles. The molecule has 0 radical (unpaired) electrons. The van der Waals surface area contributed by atoms with E-state index < -0.39 is 5.92 Å². The van der Waals surface area contributed by atoms with E-state index in [1.807, 2.05) is 32.0 Å². The third kappa shape index (κ3) is 6.84. The summed E-state index contributed by atoms with van der Waals surface area (Å²) in [4.78, 5) is 43.0. The zero-order valence-electron chi connectivity index (χ0n) is 27.6. The van der Waals surface area contributed by atoms with E-state index in [0.717, 1.165) is 59.5 Å². The molecule has 0 saturated heterocycles. The number of amides is 1. The van der Waals surface area contributed by atoms with E-state index in [9.17, 15) is 14.4 Å². The highest BCUT2D eigenvalue weighted by molar-refractivity contribution is 6.31. The molecule has 2 aromatic carbocycles. The minimum atomic E-state index is -0.474. The van der Waals surface area contributed by atoms with Gasteiger partial charge in [-0.3, -0.25) is 14.4 Å². The standard InChI is InChI=1S/C37H45ClN2O5/c1-8-14-40-26-17-36(4,5)19-28(41)34(26)33(35-27(40)18-37(6,7)20-29(35)42)23-11-13-30(31(15-23)44-9-2)45-21-32(43)39-24-12-10-22(3)25(38)16-24/h10-13,15-16,33H,8-9,14,17-21H2,1-7H3,(H,39,43). The van der Waals surface area contributed by atoms with Crippen molar-refractivity contribution in [2.75, 3.05) is 25.1 Å². The molecule has 0 fully saturated rings. The number of carbonyl (C=O) groups excluding carboxylic acids is 3. The Morgan fingerprint density at radius 2 is 1.51 bits per heavy atom. The molecule has 1 aliphatic heterocycles. The summed E-state index contributed by atoms with van der Waals surface area (Å²) < 4.78 is 12.0. The van der Waals surface area contributed by atoms with Gasteiger partial charge < -0.3 is 19.7 Å². The van der Waals surface area contributed by atoms with Crippen LogP contribution in [0.3, 0.4) is 0 Å². The van der Waals surface area contributed by atoms with Gasteiger partial charge in [-0.25, -0.2) is 0 Å². The summed E-state index contributed by atoms with van der Waals surface area (Å²) in [7, 11) is 0. The summed E-state index contributed by atoms with van der Waals surface area (Å²) >= 11 is 6.21. The highest BCUT2D eigenvalue weighted by Gasteiger charge is 2.48. The van der Waals surface area contributed by atoms with Gasteiger partial charge in [-0.15, -0.1) is 0 Å². The van der Waals surface area contributed by atoms with E-state index >= 15 is 0 Å². The molecule has 45 heavy (non-hydrogen) atoms. The van der Waals surface area contributed by atoms with Crippen LogP contribution in [0.1, 0.15) is 90.7 Å². The highest BCUT2D eigenvalue weighted by Crippen LogP contribution is 2.55. The molecule has 0 atom stereocenters. The number of hydrogen-bond donors (Lipinski definition) is 1. The number of ether oxygens (including phenoxy) is 2. The van der Waals surface area contributed by atoms with Crippen LogP contribution in [-0.4, -0.2) is 42.1 Å². The highest BCUT2D eigenvalue weighted by atomic mass is 35.5. The fourth-order valence-corrected chi connectivity index (χ4v) is 7.16. The summed E-state index contributed by atoms with van der Waals surface area (Å²) in [5, 5.41) is 3.38. The second-order valence-corrected chi connectivity index (χ2v) is 14.5. The maximum Gasteiger partial charge on any atom is 0.262 e. The number of anilines is 1. The number of carbonyl (C=O) groups is 3. The van der Waals surface area contributed by atoms with Crippen molar-refractivity contribution in [2.45, 2.75) is 86.5 Å². The molecule has 2 aromatic rings. The fraction of sp³-hybridized carbons (Fsp3) is 0.486. The molecule has 0 bridgehead atoms. The van der Waals surface area contributed by atoms with Gasteiger partial charge in [0, 0.05) is 58.6 Å². The minimum Gasteiger partial charge on any atom is -0.490 e. The summed E-state index contributed by atoms with van der Waals surface area (Å²) in [5.74, 6) is 0.272. The molecular weight excluding hydrogens is 588 g/mol. The molecule has 7 nitrogen and oxygen atoms in total. The smallest absolute Gasteiger partial charge is 0.262 e. The predicted octanol–water partition coefficient (Wildman–Crippen LogP) is 8.16. The Kier molecular flexibility index (Phi) is 9.23. The second-order valence-electron chi connectivity index (χ2n) is 14.1. The molecule has 8 heteroatoms. The number of rotatable bonds is 9. The molecule has 5 rings (SSSR count). The van der Waals surface area contributed by atoms with Gasteiger partial charge in [0.05, 0.1) is 6.61 Å². The number of ketones is 2. The van der Waals surface area contributed by atoms with Crippen LogP contribution in [-0.2, 0) is 14.4 Å². The van der Waals surface area contributed by atoms with Gasteiger partial charge in [-0.05, 0) is 79.3 Å². The first kappa shape index (κ1) is 32.8. The molecule has 0 unspecified atom stereocenters. The average Bonchev–Trinajstić information content (AvgIpc) is 2.94. The topological polar surface area (TPSA) is 84.9 Å². The Bertz CT molecular complexity index is 1550. The van der Waals surface area contributed by atoms with Gasteiger partial charge in [0.25, 0.3) is 5.91 Å². The number of nitrogens with zero attached hydrogens (tertiary/aromatic N) is 1. The van der Waals surface area contributed by atoms with Crippen LogP contribution in [0.15, 0.2) is 58.9 Å². The molecule has 240 valence electrons. The van der Waals surface area contributed by atoms with E-state index in [-0.39, 0.29) is 34.9 Å². The van der Waals surface area contributed by atoms with E-state index in [0.29, 0.717) is 41.7 Å². The second kappa shape index (κ2) is 12.7. The van der Waals surface area contributed by atoms with Gasteiger partial charge in [0.2, 0.25) is 0 Å². The Balaban J connectivity index is 1.52. The molecule has 3 aliphatic rings. The van der Waals surface area contributed by atoms with Crippen LogP contribution in [0.4, 0.5) is 5.69 Å². The number of benzene rings is 2. The van der Waals surface area contributed by atoms with E-state index in [2.05, 4.69) is 44.8 Å². The third-order valence-corrected chi connectivity index (χ3v) is 9.29. The monoisotopic (exact) mass is 632 g/mol. The number of halogens is 1. The number of aryl methyl sites for hydroxylation is 1. The maximum absolute atomic E-state index is 14.0. The van der Waals surface area contributed by atoms with Crippen molar-refractivity contribution in [3.8, 4) is 11.5 Å². The summed E-state index contributed by atoms with van der Waals surface area (Å²) in [6, 6.07) is 10.9. The van der Waals surface area contributed by atoms with Crippen molar-refractivity contribution < 1.29 is 23.9 Å². The first-order valence-electron chi connectivity index (χ1n) is 16.0. The Labute approximate surface area is 272 Å². The lowest BCUT2D eigenvalue weighted by molar-refractivity contribution is -0.120. The van der Waals surface area contributed by atoms with Crippen LogP contribution in [0.25, 0.3) is 0 Å². The largest absolute Gasteiger partial charge is 0.490 e.